The highest BCUT2D eigenvalue weighted by Gasteiger charge is 2.34. The first-order chi connectivity index (χ1) is 7.66. The van der Waals surface area contributed by atoms with Crippen molar-refractivity contribution in [2.75, 3.05) is 34.5 Å². The Labute approximate surface area is 105 Å². The molecule has 0 amide bonds. The van der Waals surface area contributed by atoms with E-state index in [1.165, 1.54) is 0 Å². The molecular weight excluding hydrogens is 248 g/mol. The minimum absolute atomic E-state index is 0.699. The van der Waals surface area contributed by atoms with Gasteiger partial charge in [0.2, 0.25) is 0 Å². The van der Waals surface area contributed by atoms with Crippen LogP contribution >= 0.6 is 12.3 Å². The molecule has 0 aromatic rings. The Balaban J connectivity index is 0. The van der Waals surface area contributed by atoms with Crippen molar-refractivity contribution in [1.82, 2.24) is 0 Å². The maximum Gasteiger partial charge on any atom is 0.499 e. The van der Waals surface area contributed by atoms with Gasteiger partial charge in [-0.15, -0.1) is 0 Å². The monoisotopic (exact) mass is 272 g/mol. The Kier molecular flexibility index (Phi) is 15.7. The molecule has 0 N–H and O–H groups in total. The smallest absolute Gasteiger partial charge is 0.377 e. The molecule has 0 rings (SSSR count). The first-order valence-corrected chi connectivity index (χ1v) is 7.82. The van der Waals surface area contributed by atoms with Crippen molar-refractivity contribution in [3.8, 4) is 0 Å². The van der Waals surface area contributed by atoms with Gasteiger partial charge in [-0.3, -0.25) is 8.37 Å². The first kappa shape index (κ1) is 18.7. The first-order valence-electron chi connectivity index (χ1n) is 5.22. The average Bonchev–Trinajstić information content (AvgIpc) is 2.34. The maximum absolute atomic E-state index is 5.08. The lowest BCUT2D eigenvalue weighted by molar-refractivity contribution is 0.125. The lowest BCUT2D eigenvalue weighted by Gasteiger charge is -2.22. The van der Waals surface area contributed by atoms with E-state index >= 15 is 0 Å². The van der Waals surface area contributed by atoms with Crippen molar-refractivity contribution in [2.45, 2.75) is 26.8 Å². The third-order valence-corrected chi connectivity index (χ3v) is 5.09. The Morgan fingerprint density at radius 3 is 1.31 bits per heavy atom. The zero-order valence-electron chi connectivity index (χ0n) is 11.1. The topological polar surface area (TPSA) is 46.2 Å². The molecule has 0 spiro atoms. The van der Waals surface area contributed by atoms with Crippen LogP contribution in [0.3, 0.4) is 0 Å². The SMILES string of the molecule is CCOSOCC.CC[Si](OC)(OC)OC. The molecule has 100 valence electrons. The highest BCUT2D eigenvalue weighted by molar-refractivity contribution is 7.89. The molecule has 16 heavy (non-hydrogen) atoms. The molecule has 0 aliphatic heterocycles. The van der Waals surface area contributed by atoms with E-state index in [2.05, 4.69) is 0 Å². The summed E-state index contributed by atoms with van der Waals surface area (Å²) in [7, 11) is 2.65. The largest absolute Gasteiger partial charge is 0.499 e. The predicted molar refractivity (Wildman–Crippen MR) is 68.1 cm³/mol. The molecule has 0 aliphatic rings. The van der Waals surface area contributed by atoms with Crippen LogP contribution in [0.4, 0.5) is 0 Å². The lowest BCUT2D eigenvalue weighted by atomic mass is 10.9. The van der Waals surface area contributed by atoms with Crippen LogP contribution in [0.1, 0.15) is 20.8 Å². The average molecular weight is 272 g/mol. The van der Waals surface area contributed by atoms with Gasteiger partial charge in [-0.25, -0.2) is 0 Å². The highest BCUT2D eigenvalue weighted by Crippen LogP contribution is 2.10. The minimum atomic E-state index is -2.19. The summed E-state index contributed by atoms with van der Waals surface area (Å²) >= 11 is 1.05. The van der Waals surface area contributed by atoms with Gasteiger partial charge in [-0.1, -0.05) is 6.92 Å². The van der Waals surface area contributed by atoms with Gasteiger partial charge >= 0.3 is 8.80 Å². The second-order valence-electron chi connectivity index (χ2n) is 2.53. The third kappa shape index (κ3) is 9.58. The molecular formula is C9H24O5SSi. The molecule has 0 bridgehead atoms. The van der Waals surface area contributed by atoms with Gasteiger partial charge in [-0.2, -0.15) is 0 Å². The minimum Gasteiger partial charge on any atom is -0.377 e. The van der Waals surface area contributed by atoms with Gasteiger partial charge in [0.05, 0.1) is 13.2 Å². The predicted octanol–water partition coefficient (Wildman–Crippen LogP) is 2.51. The lowest BCUT2D eigenvalue weighted by Crippen LogP contribution is -2.41. The Morgan fingerprint density at radius 1 is 0.812 bits per heavy atom. The van der Waals surface area contributed by atoms with Crippen LogP contribution in [0.25, 0.3) is 0 Å². The summed E-state index contributed by atoms with van der Waals surface area (Å²) in [5, 5.41) is 0. The van der Waals surface area contributed by atoms with Crippen LogP contribution < -0.4 is 0 Å². The molecule has 0 radical (unpaired) electrons. The molecule has 7 heteroatoms. The fraction of sp³-hybridized carbons (Fsp3) is 1.00. The van der Waals surface area contributed by atoms with Crippen LogP contribution in [0.15, 0.2) is 0 Å². The molecule has 0 fully saturated rings. The molecule has 0 saturated carbocycles. The van der Waals surface area contributed by atoms with Gasteiger partial charge in [-0.05, 0) is 13.8 Å². The van der Waals surface area contributed by atoms with E-state index in [1.807, 2.05) is 20.8 Å². The zero-order chi connectivity index (χ0) is 12.9. The van der Waals surface area contributed by atoms with E-state index in [0.717, 1.165) is 18.4 Å². The third-order valence-electron chi connectivity index (χ3n) is 1.70. The summed E-state index contributed by atoms with van der Waals surface area (Å²) in [4.78, 5) is 0. The zero-order valence-corrected chi connectivity index (χ0v) is 12.9. The van der Waals surface area contributed by atoms with E-state index in [4.69, 9.17) is 21.6 Å². The van der Waals surface area contributed by atoms with Crippen LogP contribution in [-0.2, 0) is 21.6 Å². The second kappa shape index (κ2) is 13.4. The van der Waals surface area contributed by atoms with Crippen molar-refractivity contribution in [1.29, 1.82) is 0 Å². The molecule has 0 atom stereocenters. The normalized spacial score (nSPS) is 10.9. The van der Waals surface area contributed by atoms with Gasteiger partial charge in [0.25, 0.3) is 0 Å². The summed E-state index contributed by atoms with van der Waals surface area (Å²) in [5.74, 6) is 0. The summed E-state index contributed by atoms with van der Waals surface area (Å²) < 4.78 is 24.8. The summed E-state index contributed by atoms with van der Waals surface area (Å²) in [6.45, 7) is 7.23. The van der Waals surface area contributed by atoms with Crippen LogP contribution in [0, 0.1) is 0 Å². The van der Waals surface area contributed by atoms with Crippen LogP contribution in [-0.4, -0.2) is 43.3 Å². The number of hydrogen-bond acceptors (Lipinski definition) is 6. The fourth-order valence-electron chi connectivity index (χ4n) is 0.813. The maximum atomic E-state index is 5.08. The van der Waals surface area contributed by atoms with Gasteiger partial charge in [0.1, 0.15) is 0 Å². The number of hydrogen-bond donors (Lipinski definition) is 0. The van der Waals surface area contributed by atoms with Crippen molar-refractivity contribution in [3.63, 3.8) is 0 Å². The van der Waals surface area contributed by atoms with Gasteiger partial charge in [0.15, 0.2) is 12.3 Å². The van der Waals surface area contributed by atoms with Crippen LogP contribution in [0.2, 0.25) is 6.04 Å². The highest BCUT2D eigenvalue weighted by atomic mass is 32.2. The molecule has 0 heterocycles. The molecule has 0 aromatic carbocycles. The van der Waals surface area contributed by atoms with Crippen LogP contribution in [0.5, 0.6) is 0 Å². The van der Waals surface area contributed by atoms with Gasteiger partial charge in [0, 0.05) is 27.4 Å². The van der Waals surface area contributed by atoms with Crippen molar-refractivity contribution in [2.24, 2.45) is 0 Å². The van der Waals surface area contributed by atoms with Crippen molar-refractivity contribution in [3.05, 3.63) is 0 Å². The molecule has 0 unspecified atom stereocenters. The van der Waals surface area contributed by atoms with Gasteiger partial charge < -0.3 is 13.3 Å². The standard InChI is InChI=1S/C5H14O3Si.C4H10O2S/c1-5-9(6-2,7-3)8-4;1-3-5-7-6-4-2/h5H2,1-4H3;3-4H2,1-2H3. The fourth-order valence-corrected chi connectivity index (χ4v) is 2.44. The Morgan fingerprint density at radius 2 is 1.19 bits per heavy atom. The van der Waals surface area contributed by atoms with E-state index in [-0.39, 0.29) is 0 Å². The second-order valence-corrected chi connectivity index (χ2v) is 6.44. The summed E-state index contributed by atoms with van der Waals surface area (Å²) in [5.41, 5.74) is 0. The van der Waals surface area contributed by atoms with E-state index in [0.29, 0.717) is 13.2 Å². The van der Waals surface area contributed by atoms with E-state index in [9.17, 15) is 0 Å². The summed E-state index contributed by atoms with van der Waals surface area (Å²) in [6, 6.07) is 0.816. The van der Waals surface area contributed by atoms with E-state index in [1.54, 1.807) is 21.3 Å². The number of rotatable bonds is 8. The molecule has 0 aromatic heterocycles. The Bertz CT molecular complexity index is 114. The van der Waals surface area contributed by atoms with E-state index < -0.39 is 8.80 Å². The summed E-state index contributed by atoms with van der Waals surface area (Å²) in [6.07, 6.45) is 0. The molecule has 0 aliphatic carbocycles. The van der Waals surface area contributed by atoms with Crippen molar-refractivity contribution < 1.29 is 21.6 Å². The quantitative estimate of drug-likeness (QED) is 0.384. The molecule has 0 saturated heterocycles. The Hall–Kier alpha value is 0.367. The molecule has 5 nitrogen and oxygen atoms in total. The van der Waals surface area contributed by atoms with Crippen molar-refractivity contribution >= 4 is 21.1 Å².